The second-order valence-electron chi connectivity index (χ2n) is 6.48. The molecule has 138 valence electrons. The molecule has 1 aliphatic heterocycles. The minimum absolute atomic E-state index is 0.147. The van der Waals surface area contributed by atoms with E-state index >= 15 is 0 Å². The Morgan fingerprint density at radius 2 is 1.73 bits per heavy atom. The number of hydrogen-bond donors (Lipinski definition) is 1. The van der Waals surface area contributed by atoms with Crippen molar-refractivity contribution < 1.29 is 13.2 Å². The number of amides is 1. The van der Waals surface area contributed by atoms with Crippen LogP contribution in [0.5, 0.6) is 0 Å². The minimum atomic E-state index is -3.75. The first kappa shape index (κ1) is 18.9. The molecule has 1 amide bonds. The third kappa shape index (κ3) is 3.63. The van der Waals surface area contributed by atoms with Crippen molar-refractivity contribution in [2.24, 2.45) is 0 Å². The molecule has 0 unspecified atom stereocenters. The average Bonchev–Trinajstić information content (AvgIpc) is 3.09. The fraction of sp³-hybridized carbons (Fsp3) is 0.316. The predicted octanol–water partition coefficient (Wildman–Crippen LogP) is 3.75. The van der Waals surface area contributed by atoms with Gasteiger partial charge in [-0.2, -0.15) is 4.31 Å². The van der Waals surface area contributed by atoms with Crippen LogP contribution >= 0.6 is 11.6 Å². The third-order valence-corrected chi connectivity index (χ3v) is 6.83. The maximum atomic E-state index is 12.9. The number of carbonyl (C=O) groups excluding carboxylic acids is 1. The molecule has 1 fully saturated rings. The monoisotopic (exact) mass is 392 g/mol. The minimum Gasteiger partial charge on any atom is -0.324 e. The van der Waals surface area contributed by atoms with E-state index in [4.69, 9.17) is 11.6 Å². The van der Waals surface area contributed by atoms with Crippen molar-refractivity contribution in [2.45, 2.75) is 37.6 Å². The number of rotatable bonds is 4. The summed E-state index contributed by atoms with van der Waals surface area (Å²) in [6, 6.07) is 11.1. The Morgan fingerprint density at radius 3 is 2.35 bits per heavy atom. The molecule has 0 spiro atoms. The number of sulfonamides is 1. The van der Waals surface area contributed by atoms with Gasteiger partial charge in [0.25, 0.3) is 0 Å². The Labute approximate surface area is 159 Å². The lowest BCUT2D eigenvalue weighted by Gasteiger charge is -2.24. The van der Waals surface area contributed by atoms with Crippen LogP contribution in [0.15, 0.2) is 47.4 Å². The molecule has 0 aromatic heterocycles. The van der Waals surface area contributed by atoms with Gasteiger partial charge in [0.15, 0.2) is 0 Å². The molecule has 7 heteroatoms. The number of para-hydroxylation sites is 1. The van der Waals surface area contributed by atoms with Gasteiger partial charge < -0.3 is 5.32 Å². The van der Waals surface area contributed by atoms with Gasteiger partial charge in [-0.15, -0.1) is 0 Å². The van der Waals surface area contributed by atoms with E-state index in [1.807, 2.05) is 32.0 Å². The number of nitrogens with one attached hydrogen (secondary N) is 1. The number of hydrogen-bond acceptors (Lipinski definition) is 3. The van der Waals surface area contributed by atoms with E-state index in [0.29, 0.717) is 24.4 Å². The van der Waals surface area contributed by atoms with Crippen molar-refractivity contribution >= 4 is 33.2 Å². The van der Waals surface area contributed by atoms with E-state index in [2.05, 4.69) is 5.32 Å². The van der Waals surface area contributed by atoms with Crippen LogP contribution in [0.2, 0.25) is 5.02 Å². The molecule has 5 nitrogen and oxygen atoms in total. The zero-order valence-electron chi connectivity index (χ0n) is 14.7. The molecule has 3 rings (SSSR count). The zero-order chi connectivity index (χ0) is 18.9. The van der Waals surface area contributed by atoms with Gasteiger partial charge in [-0.05, 0) is 62.1 Å². The Kier molecular flexibility index (Phi) is 5.37. The van der Waals surface area contributed by atoms with Crippen molar-refractivity contribution in [3.8, 4) is 0 Å². The van der Waals surface area contributed by atoms with Crippen molar-refractivity contribution in [3.63, 3.8) is 0 Å². The summed E-state index contributed by atoms with van der Waals surface area (Å²) >= 11 is 5.85. The standard InChI is InChI=1S/C19H21ClN2O3S/c1-13-5-3-6-14(2)18(13)21-19(23)17-7-4-12-22(17)26(24,25)16-10-8-15(20)9-11-16/h3,5-6,8-11,17H,4,7,12H2,1-2H3,(H,21,23)/t17-/m1/s1. The highest BCUT2D eigenvalue weighted by atomic mass is 35.5. The zero-order valence-corrected chi connectivity index (χ0v) is 16.3. The smallest absolute Gasteiger partial charge is 0.243 e. The van der Waals surface area contributed by atoms with E-state index in [1.165, 1.54) is 28.6 Å². The third-order valence-electron chi connectivity index (χ3n) is 4.66. The summed E-state index contributed by atoms with van der Waals surface area (Å²) in [7, 11) is -3.75. The summed E-state index contributed by atoms with van der Waals surface area (Å²) in [5.41, 5.74) is 2.64. The van der Waals surface area contributed by atoms with Crippen LogP contribution in [0.4, 0.5) is 5.69 Å². The number of anilines is 1. The molecule has 1 N–H and O–H groups in total. The van der Waals surface area contributed by atoms with Crippen LogP contribution in [-0.4, -0.2) is 31.2 Å². The maximum Gasteiger partial charge on any atom is 0.243 e. The summed E-state index contributed by atoms with van der Waals surface area (Å²) in [6.07, 6.45) is 1.15. The number of halogens is 1. The lowest BCUT2D eigenvalue weighted by molar-refractivity contribution is -0.119. The van der Waals surface area contributed by atoms with Gasteiger partial charge in [0.2, 0.25) is 15.9 Å². The van der Waals surface area contributed by atoms with Gasteiger partial charge in [0.1, 0.15) is 6.04 Å². The predicted molar refractivity (Wildman–Crippen MR) is 103 cm³/mol. The molecule has 1 heterocycles. The highest BCUT2D eigenvalue weighted by Gasteiger charge is 2.39. The molecule has 1 atom stereocenters. The quantitative estimate of drug-likeness (QED) is 0.861. The lowest BCUT2D eigenvalue weighted by atomic mass is 10.1. The highest BCUT2D eigenvalue weighted by molar-refractivity contribution is 7.89. The summed E-state index contributed by atoms with van der Waals surface area (Å²) in [5, 5.41) is 3.38. The van der Waals surface area contributed by atoms with Crippen LogP contribution in [0.25, 0.3) is 0 Å². The van der Waals surface area contributed by atoms with Gasteiger partial charge in [0, 0.05) is 17.3 Å². The van der Waals surface area contributed by atoms with Crippen molar-refractivity contribution in [3.05, 3.63) is 58.6 Å². The summed E-state index contributed by atoms with van der Waals surface area (Å²) < 4.78 is 27.2. The second-order valence-corrected chi connectivity index (χ2v) is 8.81. The highest BCUT2D eigenvalue weighted by Crippen LogP contribution is 2.28. The summed E-state index contributed by atoms with van der Waals surface area (Å²) in [5.74, 6) is -0.294. The summed E-state index contributed by atoms with van der Waals surface area (Å²) in [4.78, 5) is 13.0. The number of benzene rings is 2. The van der Waals surface area contributed by atoms with Gasteiger partial charge in [-0.3, -0.25) is 4.79 Å². The molecule has 0 radical (unpaired) electrons. The van der Waals surface area contributed by atoms with Crippen molar-refractivity contribution in [1.29, 1.82) is 0 Å². The van der Waals surface area contributed by atoms with Crippen LogP contribution < -0.4 is 5.32 Å². The van der Waals surface area contributed by atoms with Gasteiger partial charge in [0.05, 0.1) is 4.90 Å². The molecular formula is C19H21ClN2O3S. The molecule has 1 saturated heterocycles. The molecule has 26 heavy (non-hydrogen) atoms. The lowest BCUT2D eigenvalue weighted by Crippen LogP contribution is -2.43. The first-order chi connectivity index (χ1) is 12.3. The fourth-order valence-corrected chi connectivity index (χ4v) is 5.03. The summed E-state index contributed by atoms with van der Waals surface area (Å²) in [6.45, 7) is 4.16. The van der Waals surface area contributed by atoms with E-state index < -0.39 is 16.1 Å². The maximum absolute atomic E-state index is 12.9. The topological polar surface area (TPSA) is 66.5 Å². The van der Waals surface area contributed by atoms with Crippen molar-refractivity contribution in [2.75, 3.05) is 11.9 Å². The molecule has 0 aliphatic carbocycles. The van der Waals surface area contributed by atoms with E-state index in [-0.39, 0.29) is 10.8 Å². The first-order valence-electron chi connectivity index (χ1n) is 8.45. The van der Waals surface area contributed by atoms with E-state index in [0.717, 1.165) is 16.8 Å². The van der Waals surface area contributed by atoms with Crippen LogP contribution in [0, 0.1) is 13.8 Å². The largest absolute Gasteiger partial charge is 0.324 e. The number of carbonyl (C=O) groups is 1. The second kappa shape index (κ2) is 7.39. The van der Waals surface area contributed by atoms with E-state index in [9.17, 15) is 13.2 Å². The Morgan fingerprint density at radius 1 is 1.12 bits per heavy atom. The molecule has 2 aromatic rings. The van der Waals surface area contributed by atoms with Crippen LogP contribution in [0.1, 0.15) is 24.0 Å². The van der Waals surface area contributed by atoms with Crippen molar-refractivity contribution in [1.82, 2.24) is 4.31 Å². The molecule has 2 aromatic carbocycles. The average molecular weight is 393 g/mol. The molecule has 0 saturated carbocycles. The number of aryl methyl sites for hydroxylation is 2. The van der Waals surface area contributed by atoms with Crippen LogP contribution in [0.3, 0.4) is 0 Å². The normalized spacial score (nSPS) is 18.0. The van der Waals surface area contributed by atoms with Gasteiger partial charge in [-0.1, -0.05) is 29.8 Å². The molecular weight excluding hydrogens is 372 g/mol. The van der Waals surface area contributed by atoms with E-state index in [1.54, 1.807) is 0 Å². The molecule has 1 aliphatic rings. The van der Waals surface area contributed by atoms with Crippen LogP contribution in [-0.2, 0) is 14.8 Å². The van der Waals surface area contributed by atoms with Gasteiger partial charge >= 0.3 is 0 Å². The SMILES string of the molecule is Cc1cccc(C)c1NC(=O)[C@H]1CCCN1S(=O)(=O)c1ccc(Cl)cc1. The van der Waals surface area contributed by atoms with Gasteiger partial charge in [-0.25, -0.2) is 8.42 Å². The Balaban J connectivity index is 1.86. The Hall–Kier alpha value is -1.89. The first-order valence-corrected chi connectivity index (χ1v) is 10.3. The molecule has 0 bridgehead atoms. The fourth-order valence-electron chi connectivity index (χ4n) is 3.25. The number of nitrogens with zero attached hydrogens (tertiary/aromatic N) is 1. The Bertz CT molecular complexity index is 906.